The summed E-state index contributed by atoms with van der Waals surface area (Å²) in [7, 11) is 0. The van der Waals surface area contributed by atoms with Crippen molar-refractivity contribution in [2.45, 2.75) is 12.8 Å². The first-order valence-corrected chi connectivity index (χ1v) is 6.29. The minimum atomic E-state index is 0.365. The maximum absolute atomic E-state index is 8.49. The molecule has 0 heterocycles. The van der Waals surface area contributed by atoms with Crippen LogP contribution in [0.5, 0.6) is 0 Å². The number of hydrogen-bond donors (Lipinski definition) is 1. The molecule has 16 heavy (non-hydrogen) atoms. The summed E-state index contributed by atoms with van der Waals surface area (Å²) in [4.78, 5) is 4.35. The highest BCUT2D eigenvalue weighted by Crippen LogP contribution is 2.14. The van der Waals surface area contributed by atoms with Crippen molar-refractivity contribution < 1.29 is 0 Å². The maximum Gasteiger partial charge on any atom is 0.183 e. The van der Waals surface area contributed by atoms with E-state index in [0.29, 0.717) is 17.6 Å². The monoisotopic (exact) mass is 233 g/mol. The number of nitriles is 1. The van der Waals surface area contributed by atoms with Gasteiger partial charge in [0.1, 0.15) is 0 Å². The molecule has 84 valence electrons. The van der Waals surface area contributed by atoms with Crippen LogP contribution in [0.15, 0.2) is 35.3 Å². The van der Waals surface area contributed by atoms with Crippen LogP contribution in [-0.2, 0) is 0 Å². The summed E-state index contributed by atoms with van der Waals surface area (Å²) in [6.07, 6.45) is 3.78. The minimum Gasteiger partial charge on any atom is -0.272 e. The van der Waals surface area contributed by atoms with E-state index in [9.17, 15) is 0 Å². The van der Waals surface area contributed by atoms with Crippen molar-refractivity contribution in [2.75, 3.05) is 12.8 Å². The van der Waals surface area contributed by atoms with Gasteiger partial charge in [-0.05, 0) is 11.8 Å². The number of aliphatic imine (C=N–C) groups is 1. The molecule has 0 aliphatic rings. The van der Waals surface area contributed by atoms with Crippen LogP contribution in [-0.4, -0.2) is 18.0 Å². The van der Waals surface area contributed by atoms with E-state index in [0.717, 1.165) is 0 Å². The molecule has 0 radical (unpaired) electrons. The Morgan fingerprint density at radius 2 is 2.19 bits per heavy atom. The van der Waals surface area contributed by atoms with Crippen molar-refractivity contribution in [3.8, 4) is 6.19 Å². The lowest BCUT2D eigenvalue weighted by Gasteiger charge is -2.09. The van der Waals surface area contributed by atoms with Gasteiger partial charge in [0.2, 0.25) is 0 Å². The molecule has 0 aliphatic heterocycles. The van der Waals surface area contributed by atoms with Crippen LogP contribution >= 0.6 is 11.8 Å². The van der Waals surface area contributed by atoms with E-state index in [-0.39, 0.29) is 0 Å². The number of nitrogens with zero attached hydrogens (tertiary/aromatic N) is 2. The van der Waals surface area contributed by atoms with Crippen LogP contribution in [0, 0.1) is 11.5 Å². The summed E-state index contributed by atoms with van der Waals surface area (Å²) in [5, 5.41) is 11.7. The predicted molar refractivity (Wildman–Crippen MR) is 69.4 cm³/mol. The van der Waals surface area contributed by atoms with E-state index < -0.39 is 0 Å². The molecule has 1 atom stereocenters. The highest BCUT2D eigenvalue weighted by atomic mass is 32.2. The summed E-state index contributed by atoms with van der Waals surface area (Å²) >= 11 is 1.45. The third-order valence-corrected chi connectivity index (χ3v) is 2.85. The molecule has 0 aliphatic carbocycles. The van der Waals surface area contributed by atoms with Crippen molar-refractivity contribution in [3.05, 3.63) is 35.9 Å². The van der Waals surface area contributed by atoms with E-state index in [1.54, 1.807) is 0 Å². The molecular formula is C12H15N3S. The molecule has 0 bridgehead atoms. The first-order valence-electron chi connectivity index (χ1n) is 5.06. The SMILES string of the molecule is CSC(=NCC(C)c1ccccc1)NC#N. The average Bonchev–Trinajstić information content (AvgIpc) is 2.35. The molecule has 1 aromatic carbocycles. The summed E-state index contributed by atoms with van der Waals surface area (Å²) in [5.41, 5.74) is 1.27. The third kappa shape index (κ3) is 3.95. The molecule has 0 amide bonds. The lowest BCUT2D eigenvalue weighted by Crippen LogP contribution is -2.14. The van der Waals surface area contributed by atoms with E-state index >= 15 is 0 Å². The zero-order chi connectivity index (χ0) is 11.8. The first kappa shape index (κ1) is 12.6. The molecule has 4 heteroatoms. The second kappa shape index (κ2) is 6.91. The largest absolute Gasteiger partial charge is 0.272 e. The number of amidine groups is 1. The van der Waals surface area contributed by atoms with Gasteiger partial charge in [-0.1, -0.05) is 49.0 Å². The predicted octanol–water partition coefficient (Wildman–Crippen LogP) is 2.58. The number of hydrogen-bond acceptors (Lipinski definition) is 3. The van der Waals surface area contributed by atoms with Gasteiger partial charge < -0.3 is 0 Å². The van der Waals surface area contributed by atoms with E-state index in [1.165, 1.54) is 17.3 Å². The smallest absolute Gasteiger partial charge is 0.183 e. The van der Waals surface area contributed by atoms with Gasteiger partial charge >= 0.3 is 0 Å². The summed E-state index contributed by atoms with van der Waals surface area (Å²) < 4.78 is 0. The Morgan fingerprint density at radius 1 is 1.50 bits per heavy atom. The Labute approximate surface area is 101 Å². The van der Waals surface area contributed by atoms with Gasteiger partial charge in [0, 0.05) is 12.5 Å². The summed E-state index contributed by atoms with van der Waals surface area (Å²) in [6.45, 7) is 2.82. The molecule has 0 fully saturated rings. The molecule has 1 rings (SSSR count). The Morgan fingerprint density at radius 3 is 2.75 bits per heavy atom. The molecular weight excluding hydrogens is 218 g/mol. The maximum atomic E-state index is 8.49. The fourth-order valence-corrected chi connectivity index (χ4v) is 1.66. The van der Waals surface area contributed by atoms with Crippen LogP contribution in [0.4, 0.5) is 0 Å². The lowest BCUT2D eigenvalue weighted by molar-refractivity contribution is 0.775. The molecule has 3 nitrogen and oxygen atoms in total. The Balaban J connectivity index is 2.58. The van der Waals surface area contributed by atoms with Gasteiger partial charge in [-0.15, -0.1) is 0 Å². The summed E-state index contributed by atoms with van der Waals surface area (Å²) in [5.74, 6) is 0.365. The van der Waals surface area contributed by atoms with Crippen LogP contribution in [0.1, 0.15) is 18.4 Å². The minimum absolute atomic E-state index is 0.365. The summed E-state index contributed by atoms with van der Waals surface area (Å²) in [6, 6.07) is 10.2. The first-order chi connectivity index (χ1) is 7.77. The van der Waals surface area contributed by atoms with Crippen molar-refractivity contribution in [1.82, 2.24) is 5.32 Å². The van der Waals surface area contributed by atoms with Gasteiger partial charge in [-0.2, -0.15) is 5.26 Å². The molecule has 0 saturated heterocycles. The molecule has 0 aromatic heterocycles. The zero-order valence-electron chi connectivity index (χ0n) is 9.47. The van der Waals surface area contributed by atoms with Crippen LogP contribution in [0.2, 0.25) is 0 Å². The zero-order valence-corrected chi connectivity index (χ0v) is 10.3. The standard InChI is InChI=1S/C12H15N3S/c1-10(11-6-4-3-5-7-11)8-14-12(16-2)15-9-13/h3-7,10H,8H2,1-2H3,(H,14,15). The van der Waals surface area contributed by atoms with Gasteiger partial charge in [0.15, 0.2) is 11.4 Å². The number of thioether (sulfide) groups is 1. The fourth-order valence-electron chi connectivity index (χ4n) is 1.31. The topological polar surface area (TPSA) is 48.2 Å². The van der Waals surface area contributed by atoms with E-state index in [2.05, 4.69) is 29.4 Å². The highest BCUT2D eigenvalue weighted by molar-refractivity contribution is 8.13. The van der Waals surface area contributed by atoms with E-state index in [4.69, 9.17) is 5.26 Å². The number of rotatable bonds is 3. The second-order valence-corrected chi connectivity index (χ2v) is 4.19. The van der Waals surface area contributed by atoms with Gasteiger partial charge in [0.05, 0.1) is 0 Å². The van der Waals surface area contributed by atoms with Crippen molar-refractivity contribution in [2.24, 2.45) is 4.99 Å². The Bertz CT molecular complexity index is 381. The van der Waals surface area contributed by atoms with Gasteiger partial charge in [-0.25, -0.2) is 0 Å². The molecule has 0 saturated carbocycles. The normalized spacial score (nSPS) is 12.9. The average molecular weight is 233 g/mol. The highest BCUT2D eigenvalue weighted by Gasteiger charge is 2.04. The molecule has 1 unspecified atom stereocenters. The van der Waals surface area contributed by atoms with Crippen molar-refractivity contribution in [1.29, 1.82) is 5.26 Å². The molecule has 1 N–H and O–H groups in total. The lowest BCUT2D eigenvalue weighted by atomic mass is 10.0. The van der Waals surface area contributed by atoms with Crippen molar-refractivity contribution >= 4 is 16.9 Å². The number of benzene rings is 1. The second-order valence-electron chi connectivity index (χ2n) is 3.40. The van der Waals surface area contributed by atoms with E-state index in [1.807, 2.05) is 30.6 Å². The quantitative estimate of drug-likeness (QED) is 0.378. The fraction of sp³-hybridized carbons (Fsp3) is 0.333. The van der Waals surface area contributed by atoms with Gasteiger partial charge in [-0.3, -0.25) is 10.3 Å². The van der Waals surface area contributed by atoms with Crippen LogP contribution < -0.4 is 5.32 Å². The van der Waals surface area contributed by atoms with Crippen LogP contribution in [0.3, 0.4) is 0 Å². The Kier molecular flexibility index (Phi) is 5.44. The third-order valence-electron chi connectivity index (χ3n) is 2.23. The van der Waals surface area contributed by atoms with Gasteiger partial charge in [0.25, 0.3) is 0 Å². The molecule has 1 aromatic rings. The molecule has 0 spiro atoms. The van der Waals surface area contributed by atoms with Crippen LogP contribution in [0.25, 0.3) is 0 Å². The number of nitrogens with one attached hydrogen (secondary N) is 1. The van der Waals surface area contributed by atoms with Crippen molar-refractivity contribution in [3.63, 3.8) is 0 Å². The Hall–Kier alpha value is -1.47.